The zero-order valence-corrected chi connectivity index (χ0v) is 15.1. The third-order valence-corrected chi connectivity index (χ3v) is 5.27. The smallest absolute Gasteiger partial charge is 0.378 e. The summed E-state index contributed by atoms with van der Waals surface area (Å²) in [5.41, 5.74) is -0.871. The second-order valence-corrected chi connectivity index (χ2v) is 7.26. The quantitative estimate of drug-likeness (QED) is 0.809. The van der Waals surface area contributed by atoms with Crippen molar-refractivity contribution in [2.75, 3.05) is 36.5 Å². The predicted molar refractivity (Wildman–Crippen MR) is 94.7 cm³/mol. The number of nitrogens with zero attached hydrogens (tertiary/aromatic N) is 1. The molecule has 0 unspecified atom stereocenters. The lowest BCUT2D eigenvalue weighted by Gasteiger charge is -2.30. The van der Waals surface area contributed by atoms with Gasteiger partial charge in [-0.25, -0.2) is 0 Å². The van der Waals surface area contributed by atoms with E-state index in [0.29, 0.717) is 32.0 Å². The van der Waals surface area contributed by atoms with Crippen LogP contribution in [0.15, 0.2) is 12.1 Å². The fourth-order valence-electron chi connectivity index (χ4n) is 3.61. The Morgan fingerprint density at radius 2 is 1.88 bits per heavy atom. The molecule has 26 heavy (non-hydrogen) atoms. The van der Waals surface area contributed by atoms with Gasteiger partial charge in [-0.2, -0.15) is 13.2 Å². The van der Waals surface area contributed by atoms with Crippen molar-refractivity contribution in [3.8, 4) is 0 Å². The number of amides is 1. The lowest BCUT2D eigenvalue weighted by molar-refractivity contribution is -0.136. The van der Waals surface area contributed by atoms with Crippen LogP contribution in [0.3, 0.4) is 0 Å². The first kappa shape index (κ1) is 19.3. The first-order valence-electron chi connectivity index (χ1n) is 8.88. The van der Waals surface area contributed by atoms with Crippen LogP contribution in [0.1, 0.15) is 37.7 Å². The minimum absolute atomic E-state index is 0.0962. The molecule has 1 aliphatic carbocycles. The molecular weight excluding hydrogens is 369 g/mol. The van der Waals surface area contributed by atoms with Crippen LogP contribution in [-0.2, 0) is 15.7 Å². The number of halogens is 4. The van der Waals surface area contributed by atoms with E-state index < -0.39 is 17.6 Å². The van der Waals surface area contributed by atoms with Crippen LogP contribution in [0.2, 0.25) is 5.02 Å². The van der Waals surface area contributed by atoms with E-state index in [2.05, 4.69) is 5.32 Å². The molecule has 1 aromatic rings. The molecule has 4 nitrogen and oxygen atoms in total. The van der Waals surface area contributed by atoms with Crippen molar-refractivity contribution < 1.29 is 22.7 Å². The van der Waals surface area contributed by atoms with Crippen molar-refractivity contribution in [1.82, 2.24) is 0 Å². The summed E-state index contributed by atoms with van der Waals surface area (Å²) in [5, 5.41) is 2.31. The van der Waals surface area contributed by atoms with Crippen molar-refractivity contribution in [2.24, 2.45) is 5.92 Å². The molecule has 0 radical (unpaired) electrons. The summed E-state index contributed by atoms with van der Waals surface area (Å²) in [4.78, 5) is 14.0. The molecule has 1 aliphatic heterocycles. The molecule has 2 fully saturated rings. The molecule has 3 rings (SSSR count). The van der Waals surface area contributed by atoms with E-state index in [-0.39, 0.29) is 23.0 Å². The van der Waals surface area contributed by atoms with Crippen LogP contribution in [0.25, 0.3) is 0 Å². The minimum Gasteiger partial charge on any atom is -0.378 e. The highest BCUT2D eigenvalue weighted by Crippen LogP contribution is 2.42. The summed E-state index contributed by atoms with van der Waals surface area (Å²) in [5.74, 6) is -0.167. The van der Waals surface area contributed by atoms with Crippen molar-refractivity contribution in [2.45, 2.75) is 38.3 Å². The van der Waals surface area contributed by atoms with Gasteiger partial charge in [-0.05, 0) is 30.9 Å². The second-order valence-electron chi connectivity index (χ2n) is 6.85. The maximum absolute atomic E-state index is 13.6. The maximum Gasteiger partial charge on any atom is 0.418 e. The normalized spacial score (nSPS) is 19.0. The van der Waals surface area contributed by atoms with Gasteiger partial charge in [0.15, 0.2) is 0 Å². The third-order valence-electron chi connectivity index (χ3n) is 4.97. The Hall–Kier alpha value is -1.47. The molecule has 2 aliphatic rings. The first-order chi connectivity index (χ1) is 12.3. The monoisotopic (exact) mass is 390 g/mol. The standard InChI is InChI=1S/C18H22ClF3N2O2/c19-15-11-13(24-5-7-26-8-6-24)10-14(18(20,21)22)17(15)23-16(25)9-12-3-1-2-4-12/h10-12H,1-9H2,(H,23,25). The molecule has 1 saturated carbocycles. The Morgan fingerprint density at radius 1 is 1.23 bits per heavy atom. The minimum atomic E-state index is -4.61. The Bertz CT molecular complexity index is 655. The molecule has 1 saturated heterocycles. The highest BCUT2D eigenvalue weighted by Gasteiger charge is 2.36. The van der Waals surface area contributed by atoms with Crippen molar-refractivity contribution in [1.29, 1.82) is 0 Å². The fourth-order valence-corrected chi connectivity index (χ4v) is 3.88. The van der Waals surface area contributed by atoms with Crippen molar-refractivity contribution in [3.05, 3.63) is 22.7 Å². The molecule has 8 heteroatoms. The number of morpholine rings is 1. The molecule has 144 valence electrons. The summed E-state index contributed by atoms with van der Waals surface area (Å²) in [6, 6.07) is 2.54. The average molecular weight is 391 g/mol. The highest BCUT2D eigenvalue weighted by molar-refractivity contribution is 6.34. The first-order valence-corrected chi connectivity index (χ1v) is 9.25. The fraction of sp³-hybridized carbons (Fsp3) is 0.611. The molecule has 0 bridgehead atoms. The highest BCUT2D eigenvalue weighted by atomic mass is 35.5. The van der Waals surface area contributed by atoms with Gasteiger partial charge in [-0.15, -0.1) is 0 Å². The lowest BCUT2D eigenvalue weighted by atomic mass is 10.0. The van der Waals surface area contributed by atoms with Crippen LogP contribution >= 0.6 is 11.6 Å². The number of rotatable bonds is 4. The van der Waals surface area contributed by atoms with E-state index >= 15 is 0 Å². The Balaban J connectivity index is 1.84. The van der Waals surface area contributed by atoms with Crippen LogP contribution in [0, 0.1) is 5.92 Å². The zero-order chi connectivity index (χ0) is 18.7. The van der Waals surface area contributed by atoms with E-state index in [0.717, 1.165) is 31.7 Å². The van der Waals surface area contributed by atoms with Gasteiger partial charge in [0.2, 0.25) is 5.91 Å². The van der Waals surface area contributed by atoms with E-state index in [4.69, 9.17) is 16.3 Å². The van der Waals surface area contributed by atoms with E-state index in [1.54, 1.807) is 4.90 Å². The Kier molecular flexibility index (Phi) is 5.97. The number of benzene rings is 1. The van der Waals surface area contributed by atoms with Gasteiger partial charge < -0.3 is 15.0 Å². The summed E-state index contributed by atoms with van der Waals surface area (Å²) < 4.78 is 46.0. The van der Waals surface area contributed by atoms with Crippen LogP contribution in [0.5, 0.6) is 0 Å². The van der Waals surface area contributed by atoms with Crippen molar-refractivity contribution >= 4 is 28.9 Å². The van der Waals surface area contributed by atoms with Crippen LogP contribution in [-0.4, -0.2) is 32.2 Å². The molecular formula is C18H22ClF3N2O2. The Labute approximate surface area is 155 Å². The molecule has 0 spiro atoms. The van der Waals surface area contributed by atoms with E-state index in [1.165, 1.54) is 6.07 Å². The van der Waals surface area contributed by atoms with Gasteiger partial charge in [-0.1, -0.05) is 24.4 Å². The number of ether oxygens (including phenoxy) is 1. The van der Waals surface area contributed by atoms with Crippen LogP contribution < -0.4 is 10.2 Å². The summed E-state index contributed by atoms with van der Waals surface area (Å²) in [6.45, 7) is 1.92. The summed E-state index contributed by atoms with van der Waals surface area (Å²) in [7, 11) is 0. The molecule has 1 heterocycles. The van der Waals surface area contributed by atoms with Crippen molar-refractivity contribution in [3.63, 3.8) is 0 Å². The van der Waals surface area contributed by atoms with Gasteiger partial charge in [0.25, 0.3) is 0 Å². The van der Waals surface area contributed by atoms with Gasteiger partial charge >= 0.3 is 6.18 Å². The second kappa shape index (κ2) is 8.05. The largest absolute Gasteiger partial charge is 0.418 e. The lowest BCUT2D eigenvalue weighted by Crippen LogP contribution is -2.36. The van der Waals surface area contributed by atoms with Gasteiger partial charge in [0.05, 0.1) is 29.5 Å². The molecule has 1 N–H and O–H groups in total. The van der Waals surface area contributed by atoms with E-state index in [1.807, 2.05) is 0 Å². The molecule has 1 amide bonds. The topological polar surface area (TPSA) is 41.6 Å². The predicted octanol–water partition coefficient (Wildman–Crippen LogP) is 4.71. The van der Waals surface area contributed by atoms with Gasteiger partial charge in [0, 0.05) is 25.2 Å². The molecule has 1 aromatic carbocycles. The summed E-state index contributed by atoms with van der Waals surface area (Å²) >= 11 is 6.15. The maximum atomic E-state index is 13.6. The number of hydrogen-bond acceptors (Lipinski definition) is 3. The SMILES string of the molecule is O=C(CC1CCCC1)Nc1c(Cl)cc(N2CCOCC2)cc1C(F)(F)F. The van der Waals surface area contributed by atoms with Gasteiger partial charge in [0.1, 0.15) is 0 Å². The van der Waals surface area contributed by atoms with Gasteiger partial charge in [-0.3, -0.25) is 4.79 Å². The summed E-state index contributed by atoms with van der Waals surface area (Å²) in [6.07, 6.45) is -0.339. The van der Waals surface area contributed by atoms with Crippen LogP contribution in [0.4, 0.5) is 24.5 Å². The molecule has 0 atom stereocenters. The number of alkyl halides is 3. The third kappa shape index (κ3) is 4.62. The zero-order valence-electron chi connectivity index (χ0n) is 14.4. The number of carbonyl (C=O) groups excluding carboxylic acids is 1. The number of nitrogens with one attached hydrogen (secondary N) is 1. The van der Waals surface area contributed by atoms with E-state index in [9.17, 15) is 18.0 Å². The number of carbonyl (C=O) groups is 1. The number of hydrogen-bond donors (Lipinski definition) is 1. The number of anilines is 2. The Morgan fingerprint density at radius 3 is 2.50 bits per heavy atom. The average Bonchev–Trinajstić information content (AvgIpc) is 3.09. The molecule has 0 aromatic heterocycles.